The quantitative estimate of drug-likeness (QED) is 0.446. The van der Waals surface area contributed by atoms with E-state index in [1.165, 1.54) is 4.90 Å². The molecule has 5 nitrogen and oxygen atoms in total. The van der Waals surface area contributed by atoms with Gasteiger partial charge in [-0.15, -0.1) is 11.8 Å². The van der Waals surface area contributed by atoms with Crippen molar-refractivity contribution in [1.29, 1.82) is 0 Å². The lowest BCUT2D eigenvalue weighted by atomic mass is 10.3. The van der Waals surface area contributed by atoms with Crippen LogP contribution in [0, 0.1) is 6.92 Å². The second-order valence-corrected chi connectivity index (χ2v) is 4.56. The van der Waals surface area contributed by atoms with Gasteiger partial charge in [-0.2, -0.15) is 0 Å². The zero-order chi connectivity index (χ0) is 13.0. The van der Waals surface area contributed by atoms with Gasteiger partial charge in [0.2, 0.25) is 0 Å². The summed E-state index contributed by atoms with van der Waals surface area (Å²) in [5.41, 5.74) is 3.50. The van der Waals surface area contributed by atoms with Gasteiger partial charge in [-0.1, -0.05) is 0 Å². The van der Waals surface area contributed by atoms with Crippen LogP contribution in [0.15, 0.2) is 35.2 Å². The number of aryl methyl sites for hydroxylation is 1. The van der Waals surface area contributed by atoms with Gasteiger partial charge in [-0.3, -0.25) is 0 Å². The minimum absolute atomic E-state index is 0.589. The lowest BCUT2D eigenvalue weighted by Gasteiger charge is -2.08. The molecule has 0 radical (unpaired) electrons. The summed E-state index contributed by atoms with van der Waals surface area (Å²) in [4.78, 5) is 9.65. The topological polar surface area (TPSA) is 75.9 Å². The molecule has 4 N–H and O–H groups in total. The van der Waals surface area contributed by atoms with Crippen molar-refractivity contribution in [3.05, 3.63) is 36.2 Å². The zero-order valence-electron chi connectivity index (χ0n) is 10.3. The van der Waals surface area contributed by atoms with Gasteiger partial charge in [-0.05, 0) is 37.4 Å². The molecule has 0 atom stereocenters. The normalized spacial score (nSPS) is 10.2. The van der Waals surface area contributed by atoms with E-state index >= 15 is 0 Å². The van der Waals surface area contributed by atoms with Crippen molar-refractivity contribution in [3.8, 4) is 0 Å². The summed E-state index contributed by atoms with van der Waals surface area (Å²) in [6.45, 7) is 1.82. The standard InChI is InChI=1S/C12H15N5S/c1-8-14-11(7-12(15-8)17-13)16-9-3-5-10(18-2)6-4-9/h3-7H,13H2,1-2H3,(H2,14,15,16,17). The number of hydrogen-bond acceptors (Lipinski definition) is 6. The van der Waals surface area contributed by atoms with Gasteiger partial charge in [0.15, 0.2) is 0 Å². The minimum Gasteiger partial charge on any atom is -0.340 e. The Bertz CT molecular complexity index is 526. The van der Waals surface area contributed by atoms with Gasteiger partial charge in [0.25, 0.3) is 0 Å². The van der Waals surface area contributed by atoms with Gasteiger partial charge < -0.3 is 10.7 Å². The van der Waals surface area contributed by atoms with Gasteiger partial charge in [0.05, 0.1) is 0 Å². The van der Waals surface area contributed by atoms with Crippen LogP contribution in [0.4, 0.5) is 17.3 Å². The van der Waals surface area contributed by atoms with Crippen molar-refractivity contribution in [2.24, 2.45) is 5.84 Å². The van der Waals surface area contributed by atoms with E-state index in [9.17, 15) is 0 Å². The second-order valence-electron chi connectivity index (χ2n) is 3.68. The van der Waals surface area contributed by atoms with E-state index in [0.29, 0.717) is 17.5 Å². The van der Waals surface area contributed by atoms with Crippen LogP contribution in [0.25, 0.3) is 0 Å². The monoisotopic (exact) mass is 261 g/mol. The number of thioether (sulfide) groups is 1. The Kier molecular flexibility index (Phi) is 4.01. The van der Waals surface area contributed by atoms with Crippen LogP contribution in [0.5, 0.6) is 0 Å². The van der Waals surface area contributed by atoms with Crippen LogP contribution in [0.1, 0.15) is 5.82 Å². The number of aromatic nitrogens is 2. The first-order valence-corrected chi connectivity index (χ1v) is 6.67. The molecule has 0 spiro atoms. The number of anilines is 3. The van der Waals surface area contributed by atoms with E-state index in [4.69, 9.17) is 5.84 Å². The van der Waals surface area contributed by atoms with Crippen LogP contribution >= 0.6 is 11.8 Å². The summed E-state index contributed by atoms with van der Waals surface area (Å²) < 4.78 is 0. The molecule has 0 aliphatic rings. The molecule has 2 aromatic rings. The van der Waals surface area contributed by atoms with Crippen molar-refractivity contribution in [3.63, 3.8) is 0 Å². The molecule has 0 aliphatic carbocycles. The molecule has 1 aromatic carbocycles. The largest absolute Gasteiger partial charge is 0.340 e. The van der Waals surface area contributed by atoms with Crippen LogP contribution < -0.4 is 16.6 Å². The lowest BCUT2D eigenvalue weighted by molar-refractivity contribution is 1.05. The van der Waals surface area contributed by atoms with Gasteiger partial charge in [-0.25, -0.2) is 15.8 Å². The van der Waals surface area contributed by atoms with Crippen molar-refractivity contribution < 1.29 is 0 Å². The smallest absolute Gasteiger partial charge is 0.145 e. The molecule has 1 aromatic heterocycles. The summed E-state index contributed by atoms with van der Waals surface area (Å²) in [6.07, 6.45) is 2.05. The lowest BCUT2D eigenvalue weighted by Crippen LogP contribution is -2.10. The SMILES string of the molecule is CSc1ccc(Nc2cc(NN)nc(C)n2)cc1. The number of benzene rings is 1. The fourth-order valence-corrected chi connectivity index (χ4v) is 1.94. The second kappa shape index (κ2) is 5.70. The van der Waals surface area contributed by atoms with E-state index in [2.05, 4.69) is 39.1 Å². The Balaban J connectivity index is 2.19. The van der Waals surface area contributed by atoms with Gasteiger partial charge in [0.1, 0.15) is 17.5 Å². The van der Waals surface area contributed by atoms with Crippen molar-refractivity contribution >= 4 is 29.1 Å². The number of nitrogens with one attached hydrogen (secondary N) is 2. The first-order chi connectivity index (χ1) is 8.71. The minimum atomic E-state index is 0.589. The zero-order valence-corrected chi connectivity index (χ0v) is 11.1. The third-order valence-corrected chi connectivity index (χ3v) is 3.09. The van der Waals surface area contributed by atoms with E-state index < -0.39 is 0 Å². The fourth-order valence-electron chi connectivity index (χ4n) is 1.53. The number of hydrazine groups is 1. The number of nitrogens with two attached hydrogens (primary N) is 1. The van der Waals surface area contributed by atoms with E-state index in [0.717, 1.165) is 5.69 Å². The average Bonchev–Trinajstić information content (AvgIpc) is 2.39. The summed E-state index contributed by atoms with van der Waals surface area (Å²) in [5.74, 6) is 7.31. The van der Waals surface area contributed by atoms with Crippen molar-refractivity contribution in [1.82, 2.24) is 9.97 Å². The number of rotatable bonds is 4. The molecule has 0 aliphatic heterocycles. The molecule has 0 amide bonds. The highest BCUT2D eigenvalue weighted by Gasteiger charge is 2.01. The highest BCUT2D eigenvalue weighted by atomic mass is 32.2. The summed E-state index contributed by atoms with van der Waals surface area (Å²) in [5, 5.41) is 3.21. The molecule has 6 heteroatoms. The number of nitrogens with zero attached hydrogens (tertiary/aromatic N) is 2. The Hall–Kier alpha value is -1.79. The first-order valence-electron chi connectivity index (χ1n) is 5.44. The van der Waals surface area contributed by atoms with E-state index in [1.54, 1.807) is 17.8 Å². The molecule has 0 unspecified atom stereocenters. The predicted octanol–water partition coefficient (Wildman–Crippen LogP) is 2.54. The van der Waals surface area contributed by atoms with Crippen LogP contribution in [-0.2, 0) is 0 Å². The highest BCUT2D eigenvalue weighted by Crippen LogP contribution is 2.20. The molecule has 0 saturated heterocycles. The van der Waals surface area contributed by atoms with Crippen molar-refractivity contribution in [2.75, 3.05) is 17.0 Å². The Labute approximate surface area is 110 Å². The molecule has 2 rings (SSSR count). The third-order valence-electron chi connectivity index (χ3n) is 2.35. The van der Waals surface area contributed by atoms with Crippen LogP contribution in [0.2, 0.25) is 0 Å². The highest BCUT2D eigenvalue weighted by molar-refractivity contribution is 7.98. The first kappa shape index (κ1) is 12.7. The Morgan fingerprint density at radius 3 is 2.39 bits per heavy atom. The maximum absolute atomic E-state index is 5.35. The summed E-state index contributed by atoms with van der Waals surface area (Å²) >= 11 is 1.71. The summed E-state index contributed by atoms with van der Waals surface area (Å²) in [7, 11) is 0. The Morgan fingerprint density at radius 1 is 1.11 bits per heavy atom. The van der Waals surface area contributed by atoms with Crippen LogP contribution in [0.3, 0.4) is 0 Å². The maximum atomic E-state index is 5.35. The Morgan fingerprint density at radius 2 is 1.78 bits per heavy atom. The van der Waals surface area contributed by atoms with E-state index in [1.807, 2.05) is 19.1 Å². The predicted molar refractivity (Wildman–Crippen MR) is 76.1 cm³/mol. The molecule has 0 fully saturated rings. The summed E-state index contributed by atoms with van der Waals surface area (Å²) in [6, 6.07) is 9.90. The van der Waals surface area contributed by atoms with Crippen LogP contribution in [-0.4, -0.2) is 16.2 Å². The molecular formula is C12H15N5S. The molecular weight excluding hydrogens is 246 g/mol. The third kappa shape index (κ3) is 3.12. The molecule has 0 bridgehead atoms. The fraction of sp³-hybridized carbons (Fsp3) is 0.167. The molecule has 94 valence electrons. The number of nitrogen functional groups attached to an aromatic ring is 1. The number of hydrogen-bond donors (Lipinski definition) is 3. The van der Waals surface area contributed by atoms with Gasteiger partial charge >= 0.3 is 0 Å². The molecule has 0 saturated carbocycles. The average molecular weight is 261 g/mol. The van der Waals surface area contributed by atoms with Crippen molar-refractivity contribution in [2.45, 2.75) is 11.8 Å². The van der Waals surface area contributed by atoms with E-state index in [-0.39, 0.29) is 0 Å². The maximum Gasteiger partial charge on any atom is 0.145 e. The van der Waals surface area contributed by atoms with Gasteiger partial charge in [0, 0.05) is 16.6 Å². The molecule has 18 heavy (non-hydrogen) atoms. The molecule has 1 heterocycles.